The number of aliphatic hydroxyl groups excluding tert-OH is 1. The standard InChI is InChI=1S/C11H23NO2/c1-9(7-13)8-14-11-6-4-3-5-10(11)12-2/h9-13H,3-8H2,1-2H3. The van der Waals surface area contributed by atoms with Crippen molar-refractivity contribution in [3.05, 3.63) is 0 Å². The van der Waals surface area contributed by atoms with Crippen molar-refractivity contribution in [1.29, 1.82) is 0 Å². The van der Waals surface area contributed by atoms with Crippen molar-refractivity contribution in [2.75, 3.05) is 20.3 Å². The van der Waals surface area contributed by atoms with Crippen molar-refractivity contribution in [3.63, 3.8) is 0 Å². The number of nitrogens with one attached hydrogen (secondary N) is 1. The summed E-state index contributed by atoms with van der Waals surface area (Å²) in [6, 6.07) is 0.509. The van der Waals surface area contributed by atoms with Gasteiger partial charge in [0.25, 0.3) is 0 Å². The maximum absolute atomic E-state index is 8.89. The second kappa shape index (κ2) is 6.38. The predicted octanol–water partition coefficient (Wildman–Crippen LogP) is 1.16. The average Bonchev–Trinajstić information content (AvgIpc) is 2.26. The molecule has 0 heterocycles. The highest BCUT2D eigenvalue weighted by molar-refractivity contribution is 4.80. The van der Waals surface area contributed by atoms with Gasteiger partial charge in [-0.3, -0.25) is 0 Å². The molecule has 0 saturated heterocycles. The van der Waals surface area contributed by atoms with Crippen LogP contribution in [0.25, 0.3) is 0 Å². The summed E-state index contributed by atoms with van der Waals surface area (Å²) < 4.78 is 5.82. The van der Waals surface area contributed by atoms with Gasteiger partial charge in [0.1, 0.15) is 0 Å². The molecule has 3 unspecified atom stereocenters. The smallest absolute Gasteiger partial charge is 0.0728 e. The van der Waals surface area contributed by atoms with E-state index in [4.69, 9.17) is 9.84 Å². The fraction of sp³-hybridized carbons (Fsp3) is 1.00. The monoisotopic (exact) mass is 201 g/mol. The second-order valence-electron chi connectivity index (χ2n) is 4.34. The van der Waals surface area contributed by atoms with Gasteiger partial charge in [-0.05, 0) is 19.9 Å². The summed E-state index contributed by atoms with van der Waals surface area (Å²) in [5.41, 5.74) is 0. The molecule has 0 bridgehead atoms. The third-order valence-corrected chi connectivity index (χ3v) is 2.98. The molecule has 84 valence electrons. The van der Waals surface area contributed by atoms with E-state index < -0.39 is 0 Å². The molecule has 3 atom stereocenters. The van der Waals surface area contributed by atoms with Gasteiger partial charge in [0.05, 0.1) is 12.7 Å². The molecule has 1 fully saturated rings. The minimum Gasteiger partial charge on any atom is -0.396 e. The highest BCUT2D eigenvalue weighted by Gasteiger charge is 2.24. The van der Waals surface area contributed by atoms with Crippen molar-refractivity contribution < 1.29 is 9.84 Å². The molecule has 0 aromatic rings. The molecular formula is C11H23NO2. The van der Waals surface area contributed by atoms with Crippen LogP contribution in [0.5, 0.6) is 0 Å². The molecule has 0 aliphatic heterocycles. The summed E-state index contributed by atoms with van der Waals surface area (Å²) in [6.45, 7) is 2.91. The molecular weight excluding hydrogens is 178 g/mol. The molecule has 1 saturated carbocycles. The Balaban J connectivity index is 2.26. The van der Waals surface area contributed by atoms with E-state index in [1.165, 1.54) is 19.3 Å². The Bertz CT molecular complexity index is 152. The van der Waals surface area contributed by atoms with Crippen LogP contribution in [-0.4, -0.2) is 37.5 Å². The lowest BCUT2D eigenvalue weighted by Gasteiger charge is -2.31. The topological polar surface area (TPSA) is 41.5 Å². The van der Waals surface area contributed by atoms with Gasteiger partial charge in [-0.25, -0.2) is 0 Å². The van der Waals surface area contributed by atoms with E-state index in [0.717, 1.165) is 6.42 Å². The van der Waals surface area contributed by atoms with Gasteiger partial charge in [0.15, 0.2) is 0 Å². The van der Waals surface area contributed by atoms with Crippen LogP contribution in [-0.2, 0) is 4.74 Å². The first-order chi connectivity index (χ1) is 6.77. The van der Waals surface area contributed by atoms with Crippen LogP contribution < -0.4 is 5.32 Å². The van der Waals surface area contributed by atoms with Crippen LogP contribution in [0.3, 0.4) is 0 Å². The Kier molecular flexibility index (Phi) is 5.45. The Hall–Kier alpha value is -0.120. The SMILES string of the molecule is CNC1CCCCC1OCC(C)CO. The second-order valence-corrected chi connectivity index (χ2v) is 4.34. The third kappa shape index (κ3) is 3.56. The molecule has 1 aliphatic carbocycles. The van der Waals surface area contributed by atoms with Gasteiger partial charge in [-0.15, -0.1) is 0 Å². The summed E-state index contributed by atoms with van der Waals surface area (Å²) in [4.78, 5) is 0. The maximum atomic E-state index is 8.89. The zero-order valence-corrected chi connectivity index (χ0v) is 9.33. The average molecular weight is 201 g/mol. The summed E-state index contributed by atoms with van der Waals surface area (Å²) in [7, 11) is 2.00. The fourth-order valence-electron chi connectivity index (χ4n) is 1.97. The Morgan fingerprint density at radius 2 is 2.14 bits per heavy atom. The Morgan fingerprint density at radius 1 is 1.43 bits per heavy atom. The number of ether oxygens (including phenoxy) is 1. The van der Waals surface area contributed by atoms with Gasteiger partial charge in [0.2, 0.25) is 0 Å². The molecule has 2 N–H and O–H groups in total. The van der Waals surface area contributed by atoms with Crippen LogP contribution in [0.4, 0.5) is 0 Å². The van der Waals surface area contributed by atoms with Crippen molar-refractivity contribution in [2.45, 2.75) is 44.8 Å². The summed E-state index contributed by atoms with van der Waals surface area (Å²) in [6.07, 6.45) is 5.30. The molecule has 0 aromatic heterocycles. The lowest BCUT2D eigenvalue weighted by molar-refractivity contribution is -0.0162. The van der Waals surface area contributed by atoms with Crippen molar-refractivity contribution in [2.24, 2.45) is 5.92 Å². The highest BCUT2D eigenvalue weighted by Crippen LogP contribution is 2.21. The zero-order chi connectivity index (χ0) is 10.4. The minimum atomic E-state index is 0.219. The normalized spacial score (nSPS) is 30.2. The van der Waals surface area contributed by atoms with Gasteiger partial charge in [-0.2, -0.15) is 0 Å². The van der Waals surface area contributed by atoms with E-state index in [2.05, 4.69) is 5.32 Å². The minimum absolute atomic E-state index is 0.219. The van der Waals surface area contributed by atoms with Crippen LogP contribution >= 0.6 is 0 Å². The van der Waals surface area contributed by atoms with E-state index in [1.807, 2.05) is 14.0 Å². The van der Waals surface area contributed by atoms with Crippen molar-refractivity contribution in [3.8, 4) is 0 Å². The quantitative estimate of drug-likeness (QED) is 0.701. The number of hydrogen-bond acceptors (Lipinski definition) is 3. The zero-order valence-electron chi connectivity index (χ0n) is 9.33. The molecule has 1 rings (SSSR count). The molecule has 3 nitrogen and oxygen atoms in total. The predicted molar refractivity (Wildman–Crippen MR) is 57.3 cm³/mol. The molecule has 14 heavy (non-hydrogen) atoms. The van der Waals surface area contributed by atoms with Crippen LogP contribution in [0.2, 0.25) is 0 Å². The van der Waals surface area contributed by atoms with Gasteiger partial charge in [-0.1, -0.05) is 19.8 Å². The Labute approximate surface area is 86.8 Å². The molecule has 0 radical (unpaired) electrons. The van der Waals surface area contributed by atoms with Gasteiger partial charge in [0, 0.05) is 18.6 Å². The third-order valence-electron chi connectivity index (χ3n) is 2.98. The van der Waals surface area contributed by atoms with Crippen molar-refractivity contribution in [1.82, 2.24) is 5.32 Å². The number of aliphatic hydroxyl groups is 1. The lowest BCUT2D eigenvalue weighted by Crippen LogP contribution is -2.42. The van der Waals surface area contributed by atoms with Crippen LogP contribution in [0.15, 0.2) is 0 Å². The first-order valence-corrected chi connectivity index (χ1v) is 5.67. The Morgan fingerprint density at radius 3 is 2.79 bits per heavy atom. The van der Waals surface area contributed by atoms with Gasteiger partial charge < -0.3 is 15.2 Å². The lowest BCUT2D eigenvalue weighted by atomic mass is 9.92. The molecule has 0 amide bonds. The summed E-state index contributed by atoms with van der Waals surface area (Å²) in [5.74, 6) is 0.259. The van der Waals surface area contributed by atoms with E-state index in [1.54, 1.807) is 0 Å². The number of rotatable bonds is 5. The van der Waals surface area contributed by atoms with E-state index in [-0.39, 0.29) is 12.5 Å². The van der Waals surface area contributed by atoms with E-state index >= 15 is 0 Å². The van der Waals surface area contributed by atoms with E-state index in [9.17, 15) is 0 Å². The summed E-state index contributed by atoms with van der Waals surface area (Å²) in [5, 5.41) is 12.2. The molecule has 0 aromatic carbocycles. The van der Waals surface area contributed by atoms with Gasteiger partial charge >= 0.3 is 0 Å². The molecule has 1 aliphatic rings. The first-order valence-electron chi connectivity index (χ1n) is 5.67. The largest absolute Gasteiger partial charge is 0.396 e. The van der Waals surface area contributed by atoms with Crippen LogP contribution in [0.1, 0.15) is 32.6 Å². The van der Waals surface area contributed by atoms with Crippen molar-refractivity contribution >= 4 is 0 Å². The molecule has 3 heteroatoms. The van der Waals surface area contributed by atoms with E-state index in [0.29, 0.717) is 18.8 Å². The fourth-order valence-corrected chi connectivity index (χ4v) is 1.97. The number of hydrogen-bond donors (Lipinski definition) is 2. The maximum Gasteiger partial charge on any atom is 0.0728 e. The highest BCUT2D eigenvalue weighted by atomic mass is 16.5. The molecule has 0 spiro atoms. The number of likely N-dealkylation sites (N-methyl/N-ethyl adjacent to an activating group) is 1. The summed E-state index contributed by atoms with van der Waals surface area (Å²) >= 11 is 0. The first kappa shape index (κ1) is 12.0. The van der Waals surface area contributed by atoms with Crippen LogP contribution in [0, 0.1) is 5.92 Å².